The molecule has 1 aromatic heterocycles. The summed E-state index contributed by atoms with van der Waals surface area (Å²) in [5, 5.41) is 3.95. The van der Waals surface area contributed by atoms with Crippen molar-refractivity contribution < 1.29 is 9.26 Å². The van der Waals surface area contributed by atoms with E-state index in [1.54, 1.807) is 6.08 Å². The van der Waals surface area contributed by atoms with E-state index in [0.717, 1.165) is 19.4 Å². The van der Waals surface area contributed by atoms with Crippen LogP contribution in [0, 0.1) is 0 Å². The van der Waals surface area contributed by atoms with Crippen LogP contribution in [0.3, 0.4) is 0 Å². The maximum atomic E-state index is 5.85. The van der Waals surface area contributed by atoms with E-state index in [-0.39, 0.29) is 6.04 Å². The summed E-state index contributed by atoms with van der Waals surface area (Å²) < 4.78 is 10.8. The molecule has 2 N–H and O–H groups in total. The van der Waals surface area contributed by atoms with Crippen LogP contribution in [0.5, 0.6) is 0 Å². The van der Waals surface area contributed by atoms with E-state index in [0.29, 0.717) is 18.1 Å². The molecule has 1 aliphatic rings. The molecule has 5 nitrogen and oxygen atoms in total. The molecule has 0 radical (unpaired) electrons. The molecule has 5 heteroatoms. The summed E-state index contributed by atoms with van der Waals surface area (Å²) in [5.41, 5.74) is 5.45. The van der Waals surface area contributed by atoms with Gasteiger partial charge in [0.1, 0.15) is 5.60 Å². The number of hydrogen-bond acceptors (Lipinski definition) is 5. The van der Waals surface area contributed by atoms with Crippen LogP contribution in [0.4, 0.5) is 0 Å². The van der Waals surface area contributed by atoms with Crippen molar-refractivity contribution >= 4 is 0 Å². The van der Waals surface area contributed by atoms with E-state index in [1.165, 1.54) is 0 Å². The fourth-order valence-corrected chi connectivity index (χ4v) is 1.84. The first-order chi connectivity index (χ1) is 7.65. The highest BCUT2D eigenvalue weighted by molar-refractivity contribution is 5.03. The second-order valence-corrected chi connectivity index (χ2v) is 4.27. The Balaban J connectivity index is 2.15. The largest absolute Gasteiger partial charge is 0.367 e. The Labute approximate surface area is 94.7 Å². The first kappa shape index (κ1) is 11.3. The van der Waals surface area contributed by atoms with Crippen molar-refractivity contribution in [2.45, 2.75) is 37.8 Å². The van der Waals surface area contributed by atoms with Crippen LogP contribution in [0.25, 0.3) is 0 Å². The Morgan fingerprint density at radius 3 is 3.12 bits per heavy atom. The molecular weight excluding hydrogens is 206 g/mol. The minimum atomic E-state index is -0.407. The van der Waals surface area contributed by atoms with Gasteiger partial charge in [0.25, 0.3) is 0 Å². The Morgan fingerprint density at radius 1 is 1.69 bits per heavy atom. The fraction of sp³-hybridized carbons (Fsp3) is 0.636. The third-order valence-electron chi connectivity index (χ3n) is 2.87. The summed E-state index contributed by atoms with van der Waals surface area (Å²) in [6.07, 6.45) is 4.31. The van der Waals surface area contributed by atoms with Crippen molar-refractivity contribution in [3.8, 4) is 0 Å². The zero-order valence-corrected chi connectivity index (χ0v) is 9.48. The summed E-state index contributed by atoms with van der Waals surface area (Å²) in [5.74, 6) is 1.05. The second-order valence-electron chi connectivity index (χ2n) is 4.27. The summed E-state index contributed by atoms with van der Waals surface area (Å²) >= 11 is 0. The SMILES string of the molecule is C=CCC(N)c1nc(C2(C)CCCO2)no1. The molecule has 0 aliphatic carbocycles. The zero-order chi connectivity index (χ0) is 11.6. The highest BCUT2D eigenvalue weighted by Gasteiger charge is 2.37. The van der Waals surface area contributed by atoms with Crippen molar-refractivity contribution in [2.24, 2.45) is 5.73 Å². The summed E-state index contributed by atoms with van der Waals surface area (Å²) in [4.78, 5) is 4.31. The molecule has 2 atom stereocenters. The summed E-state index contributed by atoms with van der Waals surface area (Å²) in [6, 6.07) is -0.274. The molecule has 88 valence electrons. The lowest BCUT2D eigenvalue weighted by molar-refractivity contribution is 0.00768. The van der Waals surface area contributed by atoms with E-state index in [4.69, 9.17) is 15.0 Å². The normalized spacial score (nSPS) is 26.9. The molecule has 2 heterocycles. The van der Waals surface area contributed by atoms with E-state index in [2.05, 4.69) is 16.7 Å². The molecule has 2 rings (SSSR count). The topological polar surface area (TPSA) is 74.2 Å². The van der Waals surface area contributed by atoms with Gasteiger partial charge in [0.15, 0.2) is 0 Å². The monoisotopic (exact) mass is 223 g/mol. The molecule has 1 aliphatic heterocycles. The van der Waals surface area contributed by atoms with Gasteiger partial charge in [-0.25, -0.2) is 0 Å². The molecule has 2 unspecified atom stereocenters. The van der Waals surface area contributed by atoms with E-state index < -0.39 is 5.60 Å². The van der Waals surface area contributed by atoms with Crippen molar-refractivity contribution in [3.05, 3.63) is 24.4 Å². The molecule has 1 fully saturated rings. The van der Waals surface area contributed by atoms with Crippen LogP contribution in [0.15, 0.2) is 17.2 Å². The summed E-state index contributed by atoms with van der Waals surface area (Å²) in [6.45, 7) is 6.36. The van der Waals surface area contributed by atoms with Crippen molar-refractivity contribution in [1.82, 2.24) is 10.1 Å². The number of aromatic nitrogens is 2. The maximum absolute atomic E-state index is 5.85. The number of hydrogen-bond donors (Lipinski definition) is 1. The van der Waals surface area contributed by atoms with Crippen LogP contribution in [-0.2, 0) is 10.3 Å². The van der Waals surface area contributed by atoms with Gasteiger partial charge in [0, 0.05) is 6.61 Å². The fourth-order valence-electron chi connectivity index (χ4n) is 1.84. The average Bonchev–Trinajstić information content (AvgIpc) is 2.86. The van der Waals surface area contributed by atoms with Crippen LogP contribution < -0.4 is 5.73 Å². The maximum Gasteiger partial charge on any atom is 0.243 e. The van der Waals surface area contributed by atoms with Crippen LogP contribution in [0.1, 0.15) is 43.9 Å². The molecule has 0 bridgehead atoms. The molecule has 0 saturated carbocycles. The molecule has 0 amide bonds. The number of rotatable bonds is 4. The van der Waals surface area contributed by atoms with Crippen LogP contribution in [0.2, 0.25) is 0 Å². The standard InChI is InChI=1S/C11H17N3O2/c1-3-5-8(12)9-13-10(14-16-9)11(2)6-4-7-15-11/h3,8H,1,4-7,12H2,2H3. The van der Waals surface area contributed by atoms with Crippen molar-refractivity contribution in [1.29, 1.82) is 0 Å². The molecule has 16 heavy (non-hydrogen) atoms. The van der Waals surface area contributed by atoms with E-state index in [1.807, 2.05) is 6.92 Å². The smallest absolute Gasteiger partial charge is 0.243 e. The molecule has 1 aromatic rings. The van der Waals surface area contributed by atoms with Crippen LogP contribution >= 0.6 is 0 Å². The van der Waals surface area contributed by atoms with Crippen molar-refractivity contribution in [2.75, 3.05) is 6.61 Å². The lowest BCUT2D eigenvalue weighted by atomic mass is 10.0. The van der Waals surface area contributed by atoms with Gasteiger partial charge in [-0.1, -0.05) is 11.2 Å². The molecule has 0 aromatic carbocycles. The minimum Gasteiger partial charge on any atom is -0.367 e. The molecule has 1 saturated heterocycles. The van der Waals surface area contributed by atoms with Gasteiger partial charge in [0.2, 0.25) is 11.7 Å². The van der Waals surface area contributed by atoms with Gasteiger partial charge in [-0.05, 0) is 26.2 Å². The quantitative estimate of drug-likeness (QED) is 0.786. The van der Waals surface area contributed by atoms with Gasteiger partial charge in [-0.15, -0.1) is 6.58 Å². The third kappa shape index (κ3) is 2.01. The predicted octanol–water partition coefficient (Wildman–Crippen LogP) is 1.67. The van der Waals surface area contributed by atoms with Gasteiger partial charge in [-0.2, -0.15) is 4.98 Å². The Hall–Kier alpha value is -1.20. The third-order valence-corrected chi connectivity index (χ3v) is 2.87. The first-order valence-electron chi connectivity index (χ1n) is 5.50. The highest BCUT2D eigenvalue weighted by atomic mass is 16.5. The average molecular weight is 223 g/mol. The van der Waals surface area contributed by atoms with Gasteiger partial charge >= 0.3 is 0 Å². The number of nitrogens with two attached hydrogens (primary N) is 1. The lowest BCUT2D eigenvalue weighted by Gasteiger charge is -2.17. The minimum absolute atomic E-state index is 0.274. The predicted molar refractivity (Wildman–Crippen MR) is 58.6 cm³/mol. The first-order valence-corrected chi connectivity index (χ1v) is 5.50. The Bertz CT molecular complexity index is 369. The molecular formula is C11H17N3O2. The zero-order valence-electron chi connectivity index (χ0n) is 9.48. The Kier molecular flexibility index (Phi) is 3.07. The highest BCUT2D eigenvalue weighted by Crippen LogP contribution is 2.34. The van der Waals surface area contributed by atoms with Crippen LogP contribution in [-0.4, -0.2) is 16.7 Å². The number of nitrogens with zero attached hydrogens (tertiary/aromatic N) is 2. The number of ether oxygens (including phenoxy) is 1. The van der Waals surface area contributed by atoms with Gasteiger partial charge < -0.3 is 15.0 Å². The van der Waals surface area contributed by atoms with E-state index >= 15 is 0 Å². The lowest BCUT2D eigenvalue weighted by Crippen LogP contribution is -2.22. The van der Waals surface area contributed by atoms with E-state index in [9.17, 15) is 0 Å². The molecule has 0 spiro atoms. The van der Waals surface area contributed by atoms with Gasteiger partial charge in [0.05, 0.1) is 6.04 Å². The van der Waals surface area contributed by atoms with Crippen molar-refractivity contribution in [3.63, 3.8) is 0 Å². The summed E-state index contributed by atoms with van der Waals surface area (Å²) in [7, 11) is 0. The second kappa shape index (κ2) is 4.35. The Morgan fingerprint density at radius 2 is 2.50 bits per heavy atom. The van der Waals surface area contributed by atoms with Gasteiger partial charge in [-0.3, -0.25) is 0 Å².